The minimum absolute atomic E-state index is 0.0754. The van der Waals surface area contributed by atoms with Crippen LogP contribution in [0.15, 0.2) is 28.4 Å². The molecule has 140 valence electrons. The second-order valence-electron chi connectivity index (χ2n) is 7.23. The molecule has 27 heavy (non-hydrogen) atoms. The van der Waals surface area contributed by atoms with Crippen molar-refractivity contribution in [1.82, 2.24) is 14.9 Å². The van der Waals surface area contributed by atoms with E-state index in [-0.39, 0.29) is 12.4 Å². The molecule has 3 aromatic rings. The van der Waals surface area contributed by atoms with Gasteiger partial charge >= 0.3 is 0 Å². The predicted octanol–water partition coefficient (Wildman–Crippen LogP) is 3.75. The zero-order valence-corrected chi connectivity index (χ0v) is 16.0. The van der Waals surface area contributed by atoms with Crippen LogP contribution < -0.4 is 15.0 Å². The van der Waals surface area contributed by atoms with Crippen molar-refractivity contribution in [2.24, 2.45) is 0 Å². The molecular formula is C20H21N3O3S. The third-order valence-corrected chi connectivity index (χ3v) is 6.34. The number of hydrogen-bond donors (Lipinski definition) is 1. The largest absolute Gasteiger partial charge is 0.454 e. The van der Waals surface area contributed by atoms with Crippen molar-refractivity contribution >= 4 is 21.6 Å². The van der Waals surface area contributed by atoms with Crippen LogP contribution in [0.25, 0.3) is 21.3 Å². The van der Waals surface area contributed by atoms with Crippen LogP contribution in [0.4, 0.5) is 0 Å². The van der Waals surface area contributed by atoms with Crippen molar-refractivity contribution in [3.05, 3.63) is 39.8 Å². The van der Waals surface area contributed by atoms with E-state index in [1.54, 1.807) is 0 Å². The molecule has 2 aliphatic heterocycles. The molecule has 0 amide bonds. The molecule has 0 saturated carbocycles. The van der Waals surface area contributed by atoms with Gasteiger partial charge in [0.1, 0.15) is 10.7 Å². The molecule has 1 saturated heterocycles. The van der Waals surface area contributed by atoms with Crippen LogP contribution >= 0.6 is 11.3 Å². The fraction of sp³-hybridized carbons (Fsp3) is 0.400. The zero-order chi connectivity index (χ0) is 18.4. The molecule has 0 radical (unpaired) electrons. The number of likely N-dealkylation sites (tertiary alicyclic amines) is 1. The second kappa shape index (κ2) is 6.65. The number of aromatic nitrogens is 2. The van der Waals surface area contributed by atoms with Gasteiger partial charge in [-0.2, -0.15) is 0 Å². The van der Waals surface area contributed by atoms with Gasteiger partial charge in [0.05, 0.1) is 11.9 Å². The predicted molar refractivity (Wildman–Crippen MR) is 106 cm³/mol. The zero-order valence-electron chi connectivity index (χ0n) is 15.2. The van der Waals surface area contributed by atoms with Gasteiger partial charge in [0, 0.05) is 17.0 Å². The van der Waals surface area contributed by atoms with Crippen LogP contribution in [0.3, 0.4) is 0 Å². The molecule has 4 heterocycles. The number of fused-ring (bicyclic) bond motifs is 2. The number of rotatable bonds is 3. The monoisotopic (exact) mass is 383 g/mol. The maximum atomic E-state index is 12.8. The van der Waals surface area contributed by atoms with Crippen molar-refractivity contribution in [3.63, 3.8) is 0 Å². The van der Waals surface area contributed by atoms with E-state index in [0.29, 0.717) is 23.7 Å². The van der Waals surface area contributed by atoms with E-state index in [4.69, 9.17) is 14.5 Å². The average molecular weight is 383 g/mol. The molecule has 0 aliphatic carbocycles. The fourth-order valence-corrected chi connectivity index (χ4v) is 4.90. The summed E-state index contributed by atoms with van der Waals surface area (Å²) in [5.41, 5.74) is 1.75. The molecule has 1 unspecified atom stereocenters. The molecule has 2 aliphatic rings. The highest BCUT2D eigenvalue weighted by Crippen LogP contribution is 2.38. The molecule has 1 N–H and O–H groups in total. The lowest BCUT2D eigenvalue weighted by Crippen LogP contribution is -2.37. The lowest BCUT2D eigenvalue weighted by atomic mass is 10.0. The Kier molecular flexibility index (Phi) is 4.13. The highest BCUT2D eigenvalue weighted by Gasteiger charge is 2.21. The number of nitrogens with zero attached hydrogens (tertiary/aromatic N) is 2. The third kappa shape index (κ3) is 3.00. The summed E-state index contributed by atoms with van der Waals surface area (Å²) in [6, 6.07) is 6.30. The number of nitrogens with one attached hydrogen (secondary N) is 1. The minimum Gasteiger partial charge on any atom is -0.454 e. The van der Waals surface area contributed by atoms with Gasteiger partial charge in [-0.1, -0.05) is 12.5 Å². The summed E-state index contributed by atoms with van der Waals surface area (Å²) in [5.74, 6) is 2.20. The number of thiophene rings is 1. The Bertz CT molecular complexity index is 1060. The third-order valence-electron chi connectivity index (χ3n) is 5.47. The van der Waals surface area contributed by atoms with Crippen LogP contribution in [0.5, 0.6) is 11.5 Å². The Morgan fingerprint density at radius 1 is 1.30 bits per heavy atom. The smallest absolute Gasteiger partial charge is 0.260 e. The molecule has 1 atom stereocenters. The van der Waals surface area contributed by atoms with E-state index in [0.717, 1.165) is 34.1 Å². The lowest BCUT2D eigenvalue weighted by molar-refractivity contribution is 0.149. The van der Waals surface area contributed by atoms with Gasteiger partial charge in [0.15, 0.2) is 11.5 Å². The van der Waals surface area contributed by atoms with Gasteiger partial charge in [-0.3, -0.25) is 9.69 Å². The topological polar surface area (TPSA) is 67.5 Å². The minimum atomic E-state index is -0.0754. The highest BCUT2D eigenvalue weighted by molar-refractivity contribution is 7.17. The molecule has 7 heteroatoms. The van der Waals surface area contributed by atoms with Crippen LogP contribution in [0.1, 0.15) is 32.0 Å². The van der Waals surface area contributed by atoms with E-state index in [1.165, 1.54) is 30.6 Å². The summed E-state index contributed by atoms with van der Waals surface area (Å²) in [6.45, 7) is 4.25. The number of H-pyrrole nitrogens is 1. The van der Waals surface area contributed by atoms with Crippen LogP contribution in [-0.2, 0) is 6.54 Å². The number of aromatic amines is 1. The van der Waals surface area contributed by atoms with Crippen molar-refractivity contribution < 1.29 is 9.47 Å². The van der Waals surface area contributed by atoms with E-state index in [1.807, 2.05) is 23.6 Å². The first kappa shape index (κ1) is 16.8. The molecule has 1 aromatic carbocycles. The quantitative estimate of drug-likeness (QED) is 0.746. The number of benzene rings is 1. The SMILES string of the molecule is CC1CCCCN1Cc1nc2scc(-c3ccc4c(c3)OCO4)c2c(=O)[nH]1. The first-order valence-electron chi connectivity index (χ1n) is 9.33. The summed E-state index contributed by atoms with van der Waals surface area (Å²) < 4.78 is 10.8. The molecule has 1 fully saturated rings. The summed E-state index contributed by atoms with van der Waals surface area (Å²) in [4.78, 5) is 23.8. The van der Waals surface area contributed by atoms with Gasteiger partial charge in [-0.05, 0) is 44.0 Å². The Morgan fingerprint density at radius 2 is 2.19 bits per heavy atom. The summed E-state index contributed by atoms with van der Waals surface area (Å²) in [6.07, 6.45) is 3.70. The first-order chi connectivity index (χ1) is 13.2. The van der Waals surface area contributed by atoms with E-state index in [9.17, 15) is 4.79 Å². The fourth-order valence-electron chi connectivity index (χ4n) is 3.93. The highest BCUT2D eigenvalue weighted by atomic mass is 32.1. The molecular weight excluding hydrogens is 362 g/mol. The molecule has 6 nitrogen and oxygen atoms in total. The Morgan fingerprint density at radius 3 is 3.07 bits per heavy atom. The van der Waals surface area contributed by atoms with E-state index in [2.05, 4.69) is 16.8 Å². The van der Waals surface area contributed by atoms with Crippen molar-refractivity contribution in [1.29, 1.82) is 0 Å². The second-order valence-corrected chi connectivity index (χ2v) is 8.08. The molecule has 0 spiro atoms. The van der Waals surface area contributed by atoms with E-state index < -0.39 is 0 Å². The van der Waals surface area contributed by atoms with Crippen LogP contribution in [0, 0.1) is 0 Å². The summed E-state index contributed by atoms with van der Waals surface area (Å²) in [5, 5.41) is 2.65. The van der Waals surface area contributed by atoms with Crippen LogP contribution in [0.2, 0.25) is 0 Å². The Hall–Kier alpha value is -2.38. The Labute approximate surface area is 160 Å². The van der Waals surface area contributed by atoms with Gasteiger partial charge in [-0.25, -0.2) is 4.98 Å². The molecule has 0 bridgehead atoms. The average Bonchev–Trinajstić information content (AvgIpc) is 3.30. The maximum Gasteiger partial charge on any atom is 0.260 e. The number of hydrogen-bond acceptors (Lipinski definition) is 6. The summed E-state index contributed by atoms with van der Waals surface area (Å²) in [7, 11) is 0. The van der Waals surface area contributed by atoms with E-state index >= 15 is 0 Å². The van der Waals surface area contributed by atoms with Crippen molar-refractivity contribution in [3.8, 4) is 22.6 Å². The summed E-state index contributed by atoms with van der Waals surface area (Å²) >= 11 is 1.51. The lowest BCUT2D eigenvalue weighted by Gasteiger charge is -2.32. The number of piperidine rings is 1. The van der Waals surface area contributed by atoms with Crippen molar-refractivity contribution in [2.45, 2.75) is 38.8 Å². The van der Waals surface area contributed by atoms with Gasteiger partial charge in [0.25, 0.3) is 5.56 Å². The van der Waals surface area contributed by atoms with Gasteiger partial charge < -0.3 is 14.5 Å². The number of ether oxygens (including phenoxy) is 2. The Balaban J connectivity index is 1.51. The first-order valence-corrected chi connectivity index (χ1v) is 10.2. The van der Waals surface area contributed by atoms with Crippen LogP contribution in [-0.4, -0.2) is 34.2 Å². The van der Waals surface area contributed by atoms with Crippen molar-refractivity contribution in [2.75, 3.05) is 13.3 Å². The molecule has 5 rings (SSSR count). The maximum absolute atomic E-state index is 12.8. The standard InChI is InChI=1S/C20H21N3O3S/c1-12-4-2-3-7-23(12)9-17-21-19(24)18-14(10-27-20(18)22-17)13-5-6-15-16(8-13)26-11-25-15/h5-6,8,10,12H,2-4,7,9,11H2,1H3,(H,21,22,24). The van der Waals surface area contributed by atoms with Gasteiger partial charge in [-0.15, -0.1) is 11.3 Å². The molecule has 2 aromatic heterocycles. The normalized spacial score (nSPS) is 19.7. The van der Waals surface area contributed by atoms with Gasteiger partial charge in [0.2, 0.25) is 6.79 Å².